The second-order valence-corrected chi connectivity index (χ2v) is 5.65. The van der Waals surface area contributed by atoms with E-state index in [-0.39, 0.29) is 11.9 Å². The Hall–Kier alpha value is -1.09. The molecule has 0 aliphatic rings. The van der Waals surface area contributed by atoms with Gasteiger partial charge in [-0.3, -0.25) is 4.79 Å². The Kier molecular flexibility index (Phi) is 7.00. The van der Waals surface area contributed by atoms with Gasteiger partial charge in [0.1, 0.15) is 5.15 Å². The summed E-state index contributed by atoms with van der Waals surface area (Å²) in [5, 5.41) is 3.45. The van der Waals surface area contributed by atoms with E-state index in [1.807, 2.05) is 6.07 Å². The van der Waals surface area contributed by atoms with Crippen molar-refractivity contribution in [1.29, 1.82) is 0 Å². The van der Waals surface area contributed by atoms with Gasteiger partial charge >= 0.3 is 0 Å². The van der Waals surface area contributed by atoms with Crippen molar-refractivity contribution in [3.8, 4) is 0 Å². The third kappa shape index (κ3) is 4.78. The Bertz CT molecular complexity index is 444. The van der Waals surface area contributed by atoms with Crippen LogP contribution in [0.2, 0.25) is 5.15 Å². The molecule has 0 bridgehead atoms. The highest BCUT2D eigenvalue weighted by Crippen LogP contribution is 2.15. The van der Waals surface area contributed by atoms with Gasteiger partial charge in [-0.1, -0.05) is 51.6 Å². The number of halogens is 1. The Balaban J connectivity index is 2.81. The average molecular weight is 297 g/mol. The number of aryl methyl sites for hydroxylation is 1. The smallest absolute Gasteiger partial charge is 0.251 e. The third-order valence-corrected chi connectivity index (χ3v) is 3.92. The maximum absolute atomic E-state index is 12.3. The van der Waals surface area contributed by atoms with Crippen LogP contribution in [0, 0.1) is 5.92 Å². The molecule has 1 atom stereocenters. The largest absolute Gasteiger partial charge is 0.349 e. The maximum atomic E-state index is 12.3. The summed E-state index contributed by atoms with van der Waals surface area (Å²) in [6, 6.07) is 3.64. The van der Waals surface area contributed by atoms with Gasteiger partial charge in [0.15, 0.2) is 0 Å². The second kappa shape index (κ2) is 8.25. The minimum atomic E-state index is -0.0638. The summed E-state index contributed by atoms with van der Waals surface area (Å²) in [6.07, 6.45) is 3.95. The number of carbonyl (C=O) groups excluding carboxylic acids is 1. The lowest BCUT2D eigenvalue weighted by atomic mass is 9.95. The normalized spacial score (nSPS) is 12.5. The van der Waals surface area contributed by atoms with Gasteiger partial charge in [0.2, 0.25) is 0 Å². The first-order valence-corrected chi connectivity index (χ1v) is 7.86. The lowest BCUT2D eigenvalue weighted by Crippen LogP contribution is -2.37. The molecule has 0 radical (unpaired) electrons. The topological polar surface area (TPSA) is 42.0 Å². The Morgan fingerprint density at radius 1 is 1.30 bits per heavy atom. The number of hydrogen-bond acceptors (Lipinski definition) is 2. The van der Waals surface area contributed by atoms with E-state index in [1.54, 1.807) is 6.07 Å². The van der Waals surface area contributed by atoms with Gasteiger partial charge in [0.25, 0.3) is 5.91 Å². The summed E-state index contributed by atoms with van der Waals surface area (Å²) < 4.78 is 0. The molecule has 112 valence electrons. The van der Waals surface area contributed by atoms with Crippen LogP contribution >= 0.6 is 11.6 Å². The van der Waals surface area contributed by atoms with Crippen molar-refractivity contribution in [2.24, 2.45) is 5.92 Å². The molecule has 4 heteroatoms. The van der Waals surface area contributed by atoms with Crippen molar-refractivity contribution >= 4 is 17.5 Å². The van der Waals surface area contributed by atoms with Gasteiger partial charge in [-0.25, -0.2) is 4.98 Å². The van der Waals surface area contributed by atoms with E-state index >= 15 is 0 Å². The van der Waals surface area contributed by atoms with Crippen molar-refractivity contribution in [2.45, 2.75) is 59.4 Å². The van der Waals surface area contributed by atoms with Crippen LogP contribution in [0.15, 0.2) is 12.1 Å². The van der Waals surface area contributed by atoms with Crippen LogP contribution in [0.25, 0.3) is 0 Å². The fourth-order valence-corrected chi connectivity index (χ4v) is 2.70. The van der Waals surface area contributed by atoms with Crippen molar-refractivity contribution < 1.29 is 4.79 Å². The summed E-state index contributed by atoms with van der Waals surface area (Å²) in [7, 11) is 0. The molecule has 0 saturated carbocycles. The van der Waals surface area contributed by atoms with Crippen molar-refractivity contribution in [1.82, 2.24) is 10.3 Å². The number of aromatic nitrogens is 1. The van der Waals surface area contributed by atoms with E-state index in [9.17, 15) is 4.79 Å². The number of nitrogens with one attached hydrogen (secondary N) is 1. The molecule has 3 nitrogen and oxygen atoms in total. The molecule has 1 heterocycles. The predicted molar refractivity (Wildman–Crippen MR) is 84.2 cm³/mol. The van der Waals surface area contributed by atoms with Crippen LogP contribution in [0.5, 0.6) is 0 Å². The number of rotatable bonds is 7. The minimum absolute atomic E-state index is 0.0638. The summed E-state index contributed by atoms with van der Waals surface area (Å²) in [5.41, 5.74) is 1.48. The first-order chi connectivity index (χ1) is 9.51. The first-order valence-electron chi connectivity index (χ1n) is 7.49. The maximum Gasteiger partial charge on any atom is 0.251 e. The fourth-order valence-electron chi connectivity index (χ4n) is 2.47. The highest BCUT2D eigenvalue weighted by Gasteiger charge is 2.17. The molecular weight excluding hydrogens is 272 g/mol. The number of carbonyl (C=O) groups is 1. The quantitative estimate of drug-likeness (QED) is 0.765. The molecular formula is C16H25ClN2O. The predicted octanol–water partition coefficient (Wildman–Crippen LogP) is 4.24. The highest BCUT2D eigenvalue weighted by atomic mass is 35.5. The molecule has 1 rings (SSSR count). The summed E-state index contributed by atoms with van der Waals surface area (Å²) in [4.78, 5) is 16.5. The van der Waals surface area contributed by atoms with Crippen LogP contribution in [0.3, 0.4) is 0 Å². The number of nitrogens with zero attached hydrogens (tertiary/aromatic N) is 1. The van der Waals surface area contributed by atoms with Crippen molar-refractivity contribution in [3.05, 3.63) is 28.5 Å². The molecule has 0 saturated heterocycles. The molecule has 1 unspecified atom stereocenters. The molecule has 1 aromatic rings. The van der Waals surface area contributed by atoms with Gasteiger partial charge in [-0.2, -0.15) is 0 Å². The van der Waals surface area contributed by atoms with E-state index in [0.717, 1.165) is 31.4 Å². The van der Waals surface area contributed by atoms with Gasteiger partial charge in [-0.05, 0) is 31.4 Å². The number of hydrogen-bond donors (Lipinski definition) is 1. The zero-order chi connectivity index (χ0) is 15.1. The summed E-state index contributed by atoms with van der Waals surface area (Å²) in [6.45, 7) is 8.45. The van der Waals surface area contributed by atoms with Gasteiger partial charge in [0, 0.05) is 17.3 Å². The third-order valence-electron chi connectivity index (χ3n) is 3.73. The Morgan fingerprint density at radius 2 is 1.95 bits per heavy atom. The number of amides is 1. The lowest BCUT2D eigenvalue weighted by molar-refractivity contribution is 0.0925. The Morgan fingerprint density at radius 3 is 2.50 bits per heavy atom. The van der Waals surface area contributed by atoms with Gasteiger partial charge in [-0.15, -0.1) is 0 Å². The minimum Gasteiger partial charge on any atom is -0.349 e. The Labute approximate surface area is 127 Å². The van der Waals surface area contributed by atoms with E-state index in [4.69, 9.17) is 11.6 Å². The van der Waals surface area contributed by atoms with Crippen LogP contribution in [-0.2, 0) is 6.42 Å². The van der Waals surface area contributed by atoms with Crippen molar-refractivity contribution in [2.75, 3.05) is 0 Å². The zero-order valence-electron chi connectivity index (χ0n) is 12.9. The van der Waals surface area contributed by atoms with Crippen LogP contribution < -0.4 is 5.32 Å². The first kappa shape index (κ1) is 17.0. The van der Waals surface area contributed by atoms with Gasteiger partial charge in [0.05, 0.1) is 0 Å². The second-order valence-electron chi connectivity index (χ2n) is 5.26. The van der Waals surface area contributed by atoms with Crippen LogP contribution in [0.1, 0.15) is 63.0 Å². The summed E-state index contributed by atoms with van der Waals surface area (Å²) in [5.74, 6) is 0.442. The lowest BCUT2D eigenvalue weighted by Gasteiger charge is -2.22. The molecule has 1 amide bonds. The van der Waals surface area contributed by atoms with Gasteiger partial charge < -0.3 is 5.32 Å². The monoisotopic (exact) mass is 296 g/mol. The fraction of sp³-hybridized carbons (Fsp3) is 0.625. The van der Waals surface area contributed by atoms with E-state index in [1.165, 1.54) is 0 Å². The average Bonchev–Trinajstić information content (AvgIpc) is 2.39. The molecule has 0 fully saturated rings. The molecule has 0 spiro atoms. The van der Waals surface area contributed by atoms with E-state index in [2.05, 4.69) is 38.0 Å². The standard InChI is InChI=1S/C16H25ClN2O/c1-5-8-14-9-13(10-15(17)19-14)16(20)18-11(4)12(6-2)7-3/h9-12H,5-8H2,1-4H3,(H,18,20). The van der Waals surface area contributed by atoms with E-state index in [0.29, 0.717) is 16.6 Å². The van der Waals surface area contributed by atoms with Crippen LogP contribution in [0.4, 0.5) is 0 Å². The molecule has 0 aliphatic carbocycles. The number of pyridine rings is 1. The van der Waals surface area contributed by atoms with E-state index < -0.39 is 0 Å². The molecule has 1 aromatic heterocycles. The SMILES string of the molecule is CCCc1cc(C(=O)NC(C)C(CC)CC)cc(Cl)n1. The highest BCUT2D eigenvalue weighted by molar-refractivity contribution is 6.29. The molecule has 20 heavy (non-hydrogen) atoms. The summed E-state index contributed by atoms with van der Waals surface area (Å²) >= 11 is 5.99. The molecule has 1 N–H and O–H groups in total. The van der Waals surface area contributed by atoms with Crippen molar-refractivity contribution in [3.63, 3.8) is 0 Å². The molecule has 0 aromatic carbocycles. The van der Waals surface area contributed by atoms with Crippen LogP contribution in [-0.4, -0.2) is 16.9 Å². The molecule has 0 aliphatic heterocycles. The zero-order valence-corrected chi connectivity index (χ0v) is 13.6.